The van der Waals surface area contributed by atoms with Crippen molar-refractivity contribution in [2.45, 2.75) is 12.8 Å². The summed E-state index contributed by atoms with van der Waals surface area (Å²) in [6.07, 6.45) is 1.79. The van der Waals surface area contributed by atoms with E-state index in [1.807, 2.05) is 24.3 Å². The number of carbonyl (C=O) groups excluding carboxylic acids is 2. The van der Waals surface area contributed by atoms with E-state index in [0.29, 0.717) is 17.3 Å². The first-order valence-electron chi connectivity index (χ1n) is 7.11. The number of rotatable bonds is 1. The van der Waals surface area contributed by atoms with Crippen LogP contribution >= 0.6 is 11.6 Å². The van der Waals surface area contributed by atoms with Crippen molar-refractivity contribution in [2.75, 3.05) is 16.8 Å². The zero-order valence-corrected chi connectivity index (χ0v) is 12.6. The number of aryl methyl sites for hydroxylation is 1. The molecule has 0 atom stereocenters. The van der Waals surface area contributed by atoms with E-state index in [1.165, 1.54) is 0 Å². The molecule has 22 heavy (non-hydrogen) atoms. The third-order valence-electron chi connectivity index (χ3n) is 3.65. The van der Waals surface area contributed by atoms with Gasteiger partial charge in [-0.05, 0) is 48.7 Å². The van der Waals surface area contributed by atoms with E-state index in [-0.39, 0.29) is 0 Å². The van der Waals surface area contributed by atoms with Crippen LogP contribution in [0.4, 0.5) is 11.4 Å². The lowest BCUT2D eigenvalue weighted by molar-refractivity contribution is -0.134. The molecule has 0 saturated carbocycles. The van der Waals surface area contributed by atoms with E-state index >= 15 is 0 Å². The summed E-state index contributed by atoms with van der Waals surface area (Å²) in [4.78, 5) is 26.1. The average Bonchev–Trinajstić information content (AvgIpc) is 2.55. The van der Waals surface area contributed by atoms with Gasteiger partial charge in [-0.15, -0.1) is 0 Å². The van der Waals surface area contributed by atoms with Crippen molar-refractivity contribution in [1.29, 1.82) is 0 Å². The first kappa shape index (κ1) is 14.6. The van der Waals surface area contributed by atoms with Gasteiger partial charge in [0.2, 0.25) is 0 Å². The molecule has 5 heteroatoms. The molecule has 0 spiro atoms. The van der Waals surface area contributed by atoms with E-state index in [1.54, 1.807) is 29.2 Å². The van der Waals surface area contributed by atoms with E-state index < -0.39 is 11.8 Å². The Balaban J connectivity index is 1.77. The molecular formula is C17H15ClN2O2. The molecule has 0 aliphatic carbocycles. The Kier molecular flexibility index (Phi) is 4.11. The van der Waals surface area contributed by atoms with Crippen molar-refractivity contribution >= 4 is 34.8 Å². The van der Waals surface area contributed by atoms with Crippen molar-refractivity contribution in [3.63, 3.8) is 0 Å². The SMILES string of the molecule is O=C(Nc1ccc(Cl)cc1)C(=O)N1CCCc2ccccc21. The number of benzene rings is 2. The third-order valence-corrected chi connectivity index (χ3v) is 3.90. The van der Waals surface area contributed by atoms with Crippen LogP contribution in [0.15, 0.2) is 48.5 Å². The summed E-state index contributed by atoms with van der Waals surface area (Å²) in [6.45, 7) is 0.559. The highest BCUT2D eigenvalue weighted by atomic mass is 35.5. The molecule has 0 fully saturated rings. The van der Waals surface area contributed by atoms with Crippen LogP contribution in [-0.2, 0) is 16.0 Å². The van der Waals surface area contributed by atoms with Crippen molar-refractivity contribution in [1.82, 2.24) is 0 Å². The van der Waals surface area contributed by atoms with Gasteiger partial charge in [-0.2, -0.15) is 0 Å². The van der Waals surface area contributed by atoms with Crippen LogP contribution in [-0.4, -0.2) is 18.4 Å². The number of amides is 2. The van der Waals surface area contributed by atoms with E-state index in [0.717, 1.165) is 24.1 Å². The van der Waals surface area contributed by atoms with E-state index in [2.05, 4.69) is 5.32 Å². The summed E-state index contributed by atoms with van der Waals surface area (Å²) in [5, 5.41) is 3.19. The normalized spacial score (nSPS) is 13.4. The number of hydrogen-bond donors (Lipinski definition) is 1. The maximum Gasteiger partial charge on any atom is 0.316 e. The highest BCUT2D eigenvalue weighted by Crippen LogP contribution is 2.26. The maximum atomic E-state index is 12.4. The molecule has 2 aromatic rings. The summed E-state index contributed by atoms with van der Waals surface area (Å²) in [5.41, 5.74) is 2.47. The zero-order chi connectivity index (χ0) is 15.5. The summed E-state index contributed by atoms with van der Waals surface area (Å²) >= 11 is 5.80. The van der Waals surface area contributed by atoms with Gasteiger partial charge in [-0.3, -0.25) is 9.59 Å². The number of anilines is 2. The molecule has 0 bridgehead atoms. The molecular weight excluding hydrogens is 300 g/mol. The number of fused-ring (bicyclic) bond motifs is 1. The molecule has 2 amide bonds. The first-order valence-corrected chi connectivity index (χ1v) is 7.49. The van der Waals surface area contributed by atoms with Gasteiger partial charge in [0, 0.05) is 22.9 Å². The number of halogens is 1. The Morgan fingerprint density at radius 1 is 1.05 bits per heavy atom. The minimum absolute atomic E-state index is 0.540. The third kappa shape index (κ3) is 2.97. The number of nitrogens with one attached hydrogen (secondary N) is 1. The summed E-state index contributed by atoms with van der Waals surface area (Å²) in [6, 6.07) is 14.3. The summed E-state index contributed by atoms with van der Waals surface area (Å²) in [5.74, 6) is -1.18. The molecule has 1 aliphatic heterocycles. The van der Waals surface area contributed by atoms with Gasteiger partial charge < -0.3 is 10.2 Å². The van der Waals surface area contributed by atoms with Gasteiger partial charge >= 0.3 is 11.8 Å². The molecule has 0 aromatic heterocycles. The Hall–Kier alpha value is -2.33. The van der Waals surface area contributed by atoms with Gasteiger partial charge in [0.1, 0.15) is 0 Å². The van der Waals surface area contributed by atoms with Gasteiger partial charge in [-0.1, -0.05) is 29.8 Å². The molecule has 112 valence electrons. The molecule has 4 nitrogen and oxygen atoms in total. The van der Waals surface area contributed by atoms with Gasteiger partial charge in [-0.25, -0.2) is 0 Å². The topological polar surface area (TPSA) is 49.4 Å². The Bertz CT molecular complexity index is 713. The van der Waals surface area contributed by atoms with Crippen LogP contribution in [0.2, 0.25) is 5.02 Å². The fourth-order valence-corrected chi connectivity index (χ4v) is 2.71. The molecule has 1 N–H and O–H groups in total. The number of carbonyl (C=O) groups is 2. The van der Waals surface area contributed by atoms with Crippen molar-refractivity contribution in [3.05, 3.63) is 59.1 Å². The lowest BCUT2D eigenvalue weighted by Crippen LogP contribution is -2.42. The van der Waals surface area contributed by atoms with Crippen molar-refractivity contribution in [2.24, 2.45) is 0 Å². The standard InChI is InChI=1S/C17H15ClN2O2/c18-13-7-9-14(10-8-13)19-16(21)17(22)20-11-3-5-12-4-1-2-6-15(12)20/h1-2,4,6-10H,3,5,11H2,(H,19,21). The lowest BCUT2D eigenvalue weighted by atomic mass is 10.0. The predicted molar refractivity (Wildman–Crippen MR) is 87.2 cm³/mol. The predicted octanol–water partition coefficient (Wildman–Crippen LogP) is 3.26. The van der Waals surface area contributed by atoms with Crippen molar-refractivity contribution in [3.8, 4) is 0 Å². The van der Waals surface area contributed by atoms with Crippen LogP contribution in [0.5, 0.6) is 0 Å². The lowest BCUT2D eigenvalue weighted by Gasteiger charge is -2.28. The smallest absolute Gasteiger partial charge is 0.316 e. The molecule has 1 heterocycles. The zero-order valence-electron chi connectivity index (χ0n) is 11.9. The van der Waals surface area contributed by atoms with Crippen molar-refractivity contribution < 1.29 is 9.59 Å². The van der Waals surface area contributed by atoms with E-state index in [9.17, 15) is 9.59 Å². The highest BCUT2D eigenvalue weighted by molar-refractivity contribution is 6.44. The molecule has 1 aliphatic rings. The Morgan fingerprint density at radius 3 is 2.55 bits per heavy atom. The Labute approximate surface area is 133 Å². The van der Waals surface area contributed by atoms with Crippen LogP contribution in [0.25, 0.3) is 0 Å². The minimum atomic E-state index is -0.640. The largest absolute Gasteiger partial charge is 0.318 e. The number of para-hydroxylation sites is 1. The molecule has 2 aromatic carbocycles. The Morgan fingerprint density at radius 2 is 1.77 bits per heavy atom. The average molecular weight is 315 g/mol. The summed E-state index contributed by atoms with van der Waals surface area (Å²) < 4.78 is 0. The molecule has 0 radical (unpaired) electrons. The van der Waals surface area contributed by atoms with Gasteiger partial charge in [0.15, 0.2) is 0 Å². The fraction of sp³-hybridized carbons (Fsp3) is 0.176. The first-order chi connectivity index (χ1) is 10.6. The highest BCUT2D eigenvalue weighted by Gasteiger charge is 2.27. The van der Waals surface area contributed by atoms with Crippen LogP contribution < -0.4 is 10.2 Å². The molecule has 0 saturated heterocycles. The number of hydrogen-bond acceptors (Lipinski definition) is 2. The maximum absolute atomic E-state index is 12.4. The summed E-state index contributed by atoms with van der Waals surface area (Å²) in [7, 11) is 0. The molecule has 0 unspecified atom stereocenters. The van der Waals surface area contributed by atoms with Crippen LogP contribution in [0.1, 0.15) is 12.0 Å². The van der Waals surface area contributed by atoms with E-state index in [4.69, 9.17) is 11.6 Å². The molecule has 3 rings (SSSR count). The monoisotopic (exact) mass is 314 g/mol. The second-order valence-corrected chi connectivity index (χ2v) is 5.59. The van der Waals surface area contributed by atoms with Crippen LogP contribution in [0, 0.1) is 0 Å². The fourth-order valence-electron chi connectivity index (χ4n) is 2.58. The quantitative estimate of drug-likeness (QED) is 0.821. The number of nitrogens with zero attached hydrogens (tertiary/aromatic N) is 1. The second-order valence-electron chi connectivity index (χ2n) is 5.15. The minimum Gasteiger partial charge on any atom is -0.318 e. The van der Waals surface area contributed by atoms with Crippen LogP contribution in [0.3, 0.4) is 0 Å². The van der Waals surface area contributed by atoms with Gasteiger partial charge in [0.05, 0.1) is 0 Å². The second kappa shape index (κ2) is 6.20. The van der Waals surface area contributed by atoms with Gasteiger partial charge in [0.25, 0.3) is 0 Å².